The second-order valence-corrected chi connectivity index (χ2v) is 8.84. The molecule has 1 aliphatic heterocycles. The van der Waals surface area contributed by atoms with Crippen molar-refractivity contribution in [3.05, 3.63) is 92.5 Å². The van der Waals surface area contributed by atoms with Gasteiger partial charge in [-0.3, -0.25) is 14.5 Å². The number of aliphatic hydroxyl groups excluding tert-OH is 1. The summed E-state index contributed by atoms with van der Waals surface area (Å²) in [5.74, 6) is -1.63. The number of carbonyl (C=O) groups is 2. The van der Waals surface area contributed by atoms with Crippen LogP contribution in [-0.2, 0) is 9.59 Å². The molecule has 1 saturated heterocycles. The monoisotopic (exact) mass is 497 g/mol. The lowest BCUT2D eigenvalue weighted by Gasteiger charge is -2.26. The molecule has 8 heteroatoms. The van der Waals surface area contributed by atoms with Gasteiger partial charge in [-0.2, -0.15) is 0 Å². The van der Waals surface area contributed by atoms with Gasteiger partial charge in [0.15, 0.2) is 0 Å². The van der Waals surface area contributed by atoms with Crippen molar-refractivity contribution in [1.29, 1.82) is 0 Å². The molecule has 3 aromatic rings. The fourth-order valence-electron chi connectivity index (χ4n) is 4.25. The summed E-state index contributed by atoms with van der Waals surface area (Å²) in [6.45, 7) is 3.68. The molecule has 1 aliphatic rings. The number of phenols is 1. The number of Topliss-reactive ketones (excluding diaryl/α,β-unsaturated/α-hetero) is 1. The van der Waals surface area contributed by atoms with Crippen molar-refractivity contribution in [3.8, 4) is 11.5 Å². The Morgan fingerprint density at radius 1 is 0.971 bits per heavy atom. The summed E-state index contributed by atoms with van der Waals surface area (Å²) < 4.78 is 5.50. The third-order valence-electron chi connectivity index (χ3n) is 5.71. The number of aliphatic hydroxyl groups is 1. The molecule has 0 saturated carbocycles. The molecule has 0 aromatic heterocycles. The van der Waals surface area contributed by atoms with Crippen LogP contribution in [-0.4, -0.2) is 29.0 Å². The van der Waals surface area contributed by atoms with E-state index in [1.54, 1.807) is 24.3 Å². The number of methoxy groups -OCH3 is 1. The van der Waals surface area contributed by atoms with Gasteiger partial charge in [-0.05, 0) is 66.9 Å². The molecule has 3 aromatic carbocycles. The second-order valence-electron chi connectivity index (χ2n) is 8.02. The number of ether oxygens (including phenoxy) is 1. The van der Waals surface area contributed by atoms with Gasteiger partial charge in [0.05, 0.1) is 34.3 Å². The van der Waals surface area contributed by atoms with Gasteiger partial charge in [0, 0.05) is 5.69 Å². The first-order chi connectivity index (χ1) is 16.1. The van der Waals surface area contributed by atoms with E-state index in [-0.39, 0.29) is 22.1 Å². The number of aryl methyl sites for hydroxylation is 2. The largest absolute Gasteiger partial charge is 0.508 e. The van der Waals surface area contributed by atoms with Crippen molar-refractivity contribution in [2.75, 3.05) is 12.0 Å². The normalized spacial score (nSPS) is 17.3. The lowest BCUT2D eigenvalue weighted by atomic mass is 9.93. The number of benzene rings is 3. The third kappa shape index (κ3) is 4.00. The molecule has 1 heterocycles. The Hall–Kier alpha value is -3.48. The first-order valence-corrected chi connectivity index (χ1v) is 11.1. The highest BCUT2D eigenvalue weighted by molar-refractivity contribution is 6.52. The van der Waals surface area contributed by atoms with Gasteiger partial charge < -0.3 is 14.9 Å². The molecule has 0 bridgehead atoms. The minimum atomic E-state index is -0.983. The number of nitrogens with zero attached hydrogens (tertiary/aromatic N) is 1. The van der Waals surface area contributed by atoms with Gasteiger partial charge in [0.1, 0.15) is 17.3 Å². The number of anilines is 1. The van der Waals surface area contributed by atoms with Crippen LogP contribution in [0.1, 0.15) is 28.3 Å². The van der Waals surface area contributed by atoms with E-state index in [2.05, 4.69) is 0 Å². The van der Waals surface area contributed by atoms with Crippen molar-refractivity contribution < 1.29 is 24.5 Å². The number of amides is 1. The number of ketones is 1. The van der Waals surface area contributed by atoms with Crippen LogP contribution in [0.2, 0.25) is 10.0 Å². The predicted molar refractivity (Wildman–Crippen MR) is 132 cm³/mol. The van der Waals surface area contributed by atoms with Gasteiger partial charge in [-0.1, -0.05) is 41.4 Å². The van der Waals surface area contributed by atoms with Crippen LogP contribution < -0.4 is 9.64 Å². The standard InChI is InChI=1S/C26H21Cl2NO5/c1-13-10-14(2)25(34-3)18(11-13)23(31)21-22(15-4-7-17(30)8-5-15)29(26(33)24(21)32)16-6-9-19(27)20(28)12-16/h4-12,22,30-31H,1-3H3/b23-21+. The van der Waals surface area contributed by atoms with E-state index in [1.165, 1.54) is 36.3 Å². The number of phenolic OH excluding ortho intramolecular Hbond substituents is 1. The molecule has 0 spiro atoms. The number of hydrogen-bond acceptors (Lipinski definition) is 5. The smallest absolute Gasteiger partial charge is 0.300 e. The number of rotatable bonds is 4. The molecule has 174 valence electrons. The van der Waals surface area contributed by atoms with E-state index in [0.29, 0.717) is 27.6 Å². The Labute approximate surface area is 206 Å². The summed E-state index contributed by atoms with van der Waals surface area (Å²) in [6.07, 6.45) is 0. The first kappa shape index (κ1) is 23.7. The van der Waals surface area contributed by atoms with E-state index < -0.39 is 17.7 Å². The van der Waals surface area contributed by atoms with Crippen LogP contribution in [0.5, 0.6) is 11.5 Å². The number of carbonyl (C=O) groups excluding carboxylic acids is 2. The molecule has 1 atom stereocenters. The van der Waals surface area contributed by atoms with Crippen LogP contribution in [0.3, 0.4) is 0 Å². The van der Waals surface area contributed by atoms with Crippen LogP contribution in [0.15, 0.2) is 60.2 Å². The summed E-state index contributed by atoms with van der Waals surface area (Å²) in [5, 5.41) is 21.7. The maximum atomic E-state index is 13.3. The van der Waals surface area contributed by atoms with Crippen molar-refractivity contribution in [2.45, 2.75) is 19.9 Å². The molecule has 1 fully saturated rings. The topological polar surface area (TPSA) is 87.1 Å². The minimum Gasteiger partial charge on any atom is -0.508 e. The average molecular weight is 498 g/mol. The predicted octanol–water partition coefficient (Wildman–Crippen LogP) is 5.95. The van der Waals surface area contributed by atoms with E-state index in [4.69, 9.17) is 27.9 Å². The Kier molecular flexibility index (Phi) is 6.30. The van der Waals surface area contributed by atoms with Crippen molar-refractivity contribution in [3.63, 3.8) is 0 Å². The maximum absolute atomic E-state index is 13.3. The van der Waals surface area contributed by atoms with Gasteiger partial charge in [0.25, 0.3) is 11.7 Å². The number of hydrogen-bond donors (Lipinski definition) is 2. The maximum Gasteiger partial charge on any atom is 0.300 e. The fourth-order valence-corrected chi connectivity index (χ4v) is 4.54. The Morgan fingerprint density at radius 3 is 2.26 bits per heavy atom. The summed E-state index contributed by atoms with van der Waals surface area (Å²) in [6, 6.07) is 13.3. The summed E-state index contributed by atoms with van der Waals surface area (Å²) >= 11 is 12.2. The van der Waals surface area contributed by atoms with Gasteiger partial charge >= 0.3 is 0 Å². The molecule has 0 radical (unpaired) electrons. The van der Waals surface area contributed by atoms with Gasteiger partial charge in [-0.25, -0.2) is 0 Å². The van der Waals surface area contributed by atoms with Crippen LogP contribution in [0.4, 0.5) is 5.69 Å². The third-order valence-corrected chi connectivity index (χ3v) is 6.45. The van der Waals surface area contributed by atoms with Crippen LogP contribution in [0.25, 0.3) is 5.76 Å². The van der Waals surface area contributed by atoms with Crippen LogP contribution in [0, 0.1) is 13.8 Å². The molecule has 4 rings (SSSR count). The molecular formula is C26H21Cl2NO5. The molecular weight excluding hydrogens is 477 g/mol. The van der Waals surface area contributed by atoms with E-state index in [0.717, 1.165) is 11.1 Å². The highest BCUT2D eigenvalue weighted by atomic mass is 35.5. The highest BCUT2D eigenvalue weighted by Crippen LogP contribution is 2.45. The van der Waals surface area contributed by atoms with Crippen molar-refractivity contribution in [1.82, 2.24) is 0 Å². The van der Waals surface area contributed by atoms with E-state index >= 15 is 0 Å². The Bertz CT molecular complexity index is 1350. The van der Waals surface area contributed by atoms with Crippen molar-refractivity contribution >= 4 is 46.3 Å². The number of halogens is 2. The minimum absolute atomic E-state index is 0.0196. The summed E-state index contributed by atoms with van der Waals surface area (Å²) in [5.41, 5.74) is 2.65. The summed E-state index contributed by atoms with van der Waals surface area (Å²) in [4.78, 5) is 27.8. The highest BCUT2D eigenvalue weighted by Gasteiger charge is 2.47. The first-order valence-electron chi connectivity index (χ1n) is 10.3. The van der Waals surface area contributed by atoms with Gasteiger partial charge in [-0.15, -0.1) is 0 Å². The molecule has 6 nitrogen and oxygen atoms in total. The lowest BCUT2D eigenvalue weighted by molar-refractivity contribution is -0.132. The SMILES string of the molecule is COc1c(C)cc(C)cc1/C(O)=C1\C(=O)C(=O)N(c2ccc(Cl)c(Cl)c2)C1c1ccc(O)cc1. The molecule has 2 N–H and O–H groups in total. The average Bonchev–Trinajstić information content (AvgIpc) is 3.06. The lowest BCUT2D eigenvalue weighted by Crippen LogP contribution is -2.29. The van der Waals surface area contributed by atoms with E-state index in [1.807, 2.05) is 19.9 Å². The zero-order valence-corrected chi connectivity index (χ0v) is 20.1. The number of aromatic hydroxyl groups is 1. The summed E-state index contributed by atoms with van der Waals surface area (Å²) in [7, 11) is 1.47. The van der Waals surface area contributed by atoms with Gasteiger partial charge in [0.2, 0.25) is 0 Å². The van der Waals surface area contributed by atoms with E-state index in [9.17, 15) is 19.8 Å². The van der Waals surface area contributed by atoms with Crippen LogP contribution >= 0.6 is 23.2 Å². The molecule has 1 amide bonds. The zero-order chi connectivity index (χ0) is 24.7. The molecule has 0 aliphatic carbocycles. The van der Waals surface area contributed by atoms with Crippen molar-refractivity contribution in [2.24, 2.45) is 0 Å². The fraction of sp³-hybridized carbons (Fsp3) is 0.154. The quantitative estimate of drug-likeness (QED) is 0.264. The second kappa shape index (κ2) is 9.05. The Morgan fingerprint density at radius 2 is 1.65 bits per heavy atom. The Balaban J connectivity index is 2.01. The molecule has 1 unspecified atom stereocenters. The zero-order valence-electron chi connectivity index (χ0n) is 18.6. The molecule has 34 heavy (non-hydrogen) atoms.